The molecule has 158 valence electrons. The molecule has 2 fully saturated rings. The zero-order chi connectivity index (χ0) is 21.0. The SMILES string of the molecule is Cc1cccc(NC(=O)/C=N\Nc2ccccc2Cl)c1N1CCC2(CC1)OCCO2. The van der Waals surface area contributed by atoms with Gasteiger partial charge in [0.05, 0.1) is 35.3 Å². The predicted octanol–water partition coefficient (Wildman–Crippen LogP) is 4.03. The molecule has 0 aliphatic carbocycles. The standard InChI is InChI=1S/C22H25ClN4O3/c1-16-5-4-8-19(21(16)27-11-9-22(10-12-27)29-13-14-30-22)25-20(28)15-24-26-18-7-3-2-6-17(18)23/h2-8,15,26H,9-14H2,1H3,(H,25,28)/b24-15-. The Morgan fingerprint density at radius 1 is 1.10 bits per heavy atom. The highest BCUT2D eigenvalue weighted by Gasteiger charge is 2.40. The van der Waals surface area contributed by atoms with Crippen LogP contribution >= 0.6 is 11.6 Å². The van der Waals surface area contributed by atoms with Crippen LogP contribution in [0.4, 0.5) is 17.1 Å². The number of nitrogens with zero attached hydrogens (tertiary/aromatic N) is 2. The zero-order valence-electron chi connectivity index (χ0n) is 16.9. The molecule has 0 atom stereocenters. The molecule has 8 heteroatoms. The summed E-state index contributed by atoms with van der Waals surface area (Å²) < 4.78 is 11.7. The maximum absolute atomic E-state index is 12.4. The van der Waals surface area contributed by atoms with Gasteiger partial charge >= 0.3 is 0 Å². The highest BCUT2D eigenvalue weighted by molar-refractivity contribution is 6.33. The van der Waals surface area contributed by atoms with Gasteiger partial charge in [0.15, 0.2) is 5.79 Å². The maximum atomic E-state index is 12.4. The van der Waals surface area contributed by atoms with Crippen LogP contribution in [0, 0.1) is 6.92 Å². The largest absolute Gasteiger partial charge is 0.369 e. The van der Waals surface area contributed by atoms with E-state index in [0.717, 1.165) is 42.9 Å². The average molecular weight is 429 g/mol. The molecule has 0 bridgehead atoms. The van der Waals surface area contributed by atoms with Crippen molar-refractivity contribution in [3.05, 3.63) is 53.1 Å². The molecule has 2 N–H and O–H groups in total. The molecular formula is C22H25ClN4O3. The molecule has 1 spiro atoms. The Morgan fingerprint density at radius 3 is 2.53 bits per heavy atom. The Kier molecular flexibility index (Phi) is 6.22. The molecule has 2 aromatic carbocycles. The van der Waals surface area contributed by atoms with Crippen molar-refractivity contribution in [2.45, 2.75) is 25.6 Å². The van der Waals surface area contributed by atoms with Crippen molar-refractivity contribution in [1.29, 1.82) is 0 Å². The van der Waals surface area contributed by atoms with E-state index in [1.165, 1.54) is 6.21 Å². The number of hydrazone groups is 1. The summed E-state index contributed by atoms with van der Waals surface area (Å²) in [5, 5.41) is 7.47. The normalized spacial score (nSPS) is 18.1. The number of para-hydroxylation sites is 2. The van der Waals surface area contributed by atoms with Crippen LogP contribution in [0.25, 0.3) is 0 Å². The Balaban J connectivity index is 1.42. The first-order valence-corrected chi connectivity index (χ1v) is 10.4. The molecule has 0 saturated carbocycles. The van der Waals surface area contributed by atoms with E-state index < -0.39 is 5.79 Å². The third-order valence-electron chi connectivity index (χ3n) is 5.39. The van der Waals surface area contributed by atoms with Gasteiger partial charge in [0.2, 0.25) is 0 Å². The topological polar surface area (TPSA) is 75.2 Å². The van der Waals surface area contributed by atoms with E-state index in [1.54, 1.807) is 12.1 Å². The number of benzene rings is 2. The molecule has 2 heterocycles. The summed E-state index contributed by atoms with van der Waals surface area (Å²) in [4.78, 5) is 14.7. The number of carbonyl (C=O) groups excluding carboxylic acids is 1. The minimum Gasteiger partial charge on any atom is -0.369 e. The highest BCUT2D eigenvalue weighted by Crippen LogP contribution is 2.37. The van der Waals surface area contributed by atoms with E-state index in [4.69, 9.17) is 21.1 Å². The molecule has 0 aromatic heterocycles. The number of anilines is 3. The molecule has 2 saturated heterocycles. The fourth-order valence-electron chi connectivity index (χ4n) is 3.91. The average Bonchev–Trinajstić information content (AvgIpc) is 3.19. The van der Waals surface area contributed by atoms with Crippen LogP contribution < -0.4 is 15.6 Å². The lowest BCUT2D eigenvalue weighted by molar-refractivity contribution is -0.169. The van der Waals surface area contributed by atoms with Crippen LogP contribution in [0.5, 0.6) is 0 Å². The Morgan fingerprint density at radius 2 is 1.80 bits per heavy atom. The van der Waals surface area contributed by atoms with E-state index in [-0.39, 0.29) is 5.91 Å². The van der Waals surface area contributed by atoms with E-state index in [0.29, 0.717) is 23.9 Å². The van der Waals surface area contributed by atoms with Crippen molar-refractivity contribution < 1.29 is 14.3 Å². The Hall–Kier alpha value is -2.61. The van der Waals surface area contributed by atoms with Gasteiger partial charge in [0.1, 0.15) is 6.21 Å². The van der Waals surface area contributed by atoms with Crippen LogP contribution in [-0.2, 0) is 14.3 Å². The Labute approximate surface area is 181 Å². The summed E-state index contributed by atoms with van der Waals surface area (Å²) >= 11 is 6.08. The number of halogens is 1. The van der Waals surface area contributed by atoms with Crippen LogP contribution in [0.1, 0.15) is 18.4 Å². The lowest BCUT2D eigenvalue weighted by Crippen LogP contribution is -2.45. The minimum absolute atomic E-state index is 0.322. The second kappa shape index (κ2) is 9.04. The first kappa shape index (κ1) is 20.7. The van der Waals surface area contributed by atoms with Crippen LogP contribution in [0.3, 0.4) is 0 Å². The lowest BCUT2D eigenvalue weighted by Gasteiger charge is -2.39. The molecular weight excluding hydrogens is 404 g/mol. The fraction of sp³-hybridized carbons (Fsp3) is 0.364. The number of hydrogen-bond donors (Lipinski definition) is 2. The second-order valence-electron chi connectivity index (χ2n) is 7.40. The summed E-state index contributed by atoms with van der Waals surface area (Å²) in [5.41, 5.74) is 6.30. The first-order valence-electron chi connectivity index (χ1n) is 10.0. The van der Waals surface area contributed by atoms with Crippen LogP contribution in [0.15, 0.2) is 47.6 Å². The van der Waals surface area contributed by atoms with Gasteiger partial charge in [-0.25, -0.2) is 0 Å². The summed E-state index contributed by atoms with van der Waals surface area (Å²) in [6, 6.07) is 13.1. The van der Waals surface area contributed by atoms with Gasteiger partial charge in [0.25, 0.3) is 5.91 Å². The third kappa shape index (κ3) is 4.59. The van der Waals surface area contributed by atoms with Gasteiger partial charge in [-0.3, -0.25) is 10.2 Å². The van der Waals surface area contributed by atoms with Gasteiger partial charge in [0, 0.05) is 25.9 Å². The van der Waals surface area contributed by atoms with Gasteiger partial charge in [-0.2, -0.15) is 5.10 Å². The molecule has 2 aromatic rings. The fourth-order valence-corrected chi connectivity index (χ4v) is 4.09. The summed E-state index contributed by atoms with van der Waals surface area (Å²) in [5.74, 6) is -0.753. The molecule has 30 heavy (non-hydrogen) atoms. The van der Waals surface area contributed by atoms with Crippen LogP contribution in [0.2, 0.25) is 5.02 Å². The quantitative estimate of drug-likeness (QED) is 0.555. The summed E-state index contributed by atoms with van der Waals surface area (Å²) in [6.45, 7) is 4.97. The van der Waals surface area contributed by atoms with E-state index in [9.17, 15) is 4.79 Å². The van der Waals surface area contributed by atoms with Crippen LogP contribution in [-0.4, -0.2) is 44.2 Å². The second-order valence-corrected chi connectivity index (χ2v) is 7.81. The van der Waals surface area contributed by atoms with Crippen molar-refractivity contribution in [2.75, 3.05) is 41.9 Å². The van der Waals surface area contributed by atoms with Crippen molar-refractivity contribution in [3.63, 3.8) is 0 Å². The van der Waals surface area contributed by atoms with Crippen molar-refractivity contribution >= 4 is 40.8 Å². The number of aryl methyl sites for hydroxylation is 1. The number of hydrogen-bond acceptors (Lipinski definition) is 6. The highest BCUT2D eigenvalue weighted by atomic mass is 35.5. The first-order chi connectivity index (χ1) is 14.6. The number of amides is 1. The molecule has 2 aliphatic rings. The maximum Gasteiger partial charge on any atom is 0.268 e. The molecule has 7 nitrogen and oxygen atoms in total. The smallest absolute Gasteiger partial charge is 0.268 e. The van der Waals surface area contributed by atoms with E-state index >= 15 is 0 Å². The van der Waals surface area contributed by atoms with E-state index in [1.807, 2.05) is 37.3 Å². The molecule has 0 unspecified atom stereocenters. The number of rotatable bonds is 5. The van der Waals surface area contributed by atoms with E-state index in [2.05, 4.69) is 20.7 Å². The van der Waals surface area contributed by atoms with Gasteiger partial charge in [-0.15, -0.1) is 0 Å². The lowest BCUT2D eigenvalue weighted by atomic mass is 10.0. The number of ether oxygens (including phenoxy) is 2. The Bertz CT molecular complexity index is 934. The summed E-state index contributed by atoms with van der Waals surface area (Å²) in [6.07, 6.45) is 2.82. The number of nitrogens with one attached hydrogen (secondary N) is 2. The van der Waals surface area contributed by atoms with Gasteiger partial charge in [-0.05, 0) is 30.7 Å². The molecule has 4 rings (SSSR count). The number of carbonyl (C=O) groups is 1. The summed E-state index contributed by atoms with van der Waals surface area (Å²) in [7, 11) is 0. The molecule has 1 amide bonds. The van der Waals surface area contributed by atoms with Gasteiger partial charge < -0.3 is 19.7 Å². The van der Waals surface area contributed by atoms with Gasteiger partial charge in [-0.1, -0.05) is 35.9 Å². The molecule has 0 radical (unpaired) electrons. The third-order valence-corrected chi connectivity index (χ3v) is 5.72. The monoisotopic (exact) mass is 428 g/mol. The number of piperidine rings is 1. The van der Waals surface area contributed by atoms with Crippen molar-refractivity contribution in [3.8, 4) is 0 Å². The van der Waals surface area contributed by atoms with Crippen molar-refractivity contribution in [2.24, 2.45) is 5.10 Å². The molecule has 2 aliphatic heterocycles. The zero-order valence-corrected chi connectivity index (χ0v) is 17.6. The predicted molar refractivity (Wildman–Crippen MR) is 119 cm³/mol. The minimum atomic E-state index is -0.431. The van der Waals surface area contributed by atoms with Crippen molar-refractivity contribution in [1.82, 2.24) is 0 Å².